The van der Waals surface area contributed by atoms with Gasteiger partial charge in [-0.2, -0.15) is 4.83 Å². The molecule has 0 aromatic heterocycles. The number of aliphatic carboxylic acids is 1. The average molecular weight is 300 g/mol. The van der Waals surface area contributed by atoms with E-state index in [0.29, 0.717) is 12.0 Å². The zero-order chi connectivity index (χ0) is 15.2. The Balaban J connectivity index is 2.60. The predicted molar refractivity (Wildman–Crippen MR) is 76.2 cm³/mol. The smallest absolute Gasteiger partial charge is 0.322 e. The van der Waals surface area contributed by atoms with Gasteiger partial charge >= 0.3 is 5.97 Å². The van der Waals surface area contributed by atoms with Crippen LogP contribution < -0.4 is 10.3 Å². The van der Waals surface area contributed by atoms with Gasteiger partial charge in [-0.3, -0.25) is 4.79 Å². The largest absolute Gasteiger partial charge is 0.480 e. The van der Waals surface area contributed by atoms with Crippen molar-refractivity contribution >= 4 is 16.0 Å². The summed E-state index contributed by atoms with van der Waals surface area (Å²) in [4.78, 5) is 13.1. The molecule has 7 heteroatoms. The molecule has 20 heavy (non-hydrogen) atoms. The van der Waals surface area contributed by atoms with E-state index in [2.05, 4.69) is 10.3 Å². The molecular formula is C13H20N2O4S. The van der Waals surface area contributed by atoms with E-state index in [1.54, 1.807) is 30.3 Å². The highest BCUT2D eigenvalue weighted by atomic mass is 32.2. The van der Waals surface area contributed by atoms with Crippen LogP contribution in [0.3, 0.4) is 0 Å². The van der Waals surface area contributed by atoms with Crippen molar-refractivity contribution in [3.8, 4) is 0 Å². The van der Waals surface area contributed by atoms with E-state index in [0.717, 1.165) is 0 Å². The van der Waals surface area contributed by atoms with Crippen LogP contribution in [0.4, 0.5) is 0 Å². The van der Waals surface area contributed by atoms with Gasteiger partial charge in [-0.05, 0) is 17.9 Å². The van der Waals surface area contributed by atoms with Crippen LogP contribution in [0.15, 0.2) is 30.3 Å². The average Bonchev–Trinajstić information content (AvgIpc) is 2.34. The van der Waals surface area contributed by atoms with Gasteiger partial charge in [0.1, 0.15) is 6.04 Å². The van der Waals surface area contributed by atoms with Gasteiger partial charge in [-0.15, -0.1) is 0 Å². The van der Waals surface area contributed by atoms with E-state index in [9.17, 15) is 13.2 Å². The SMILES string of the molecule is CC(C)C[C@H](NNS(=O)(=O)Cc1ccccc1)C(=O)O. The van der Waals surface area contributed by atoms with E-state index < -0.39 is 22.0 Å². The summed E-state index contributed by atoms with van der Waals surface area (Å²) in [7, 11) is -3.62. The van der Waals surface area contributed by atoms with Gasteiger partial charge in [0.15, 0.2) is 0 Å². The Morgan fingerprint density at radius 1 is 1.25 bits per heavy atom. The summed E-state index contributed by atoms with van der Waals surface area (Å²) in [6.45, 7) is 3.74. The minimum absolute atomic E-state index is 0.141. The van der Waals surface area contributed by atoms with Crippen LogP contribution in [0.5, 0.6) is 0 Å². The first kappa shape index (κ1) is 16.6. The Morgan fingerprint density at radius 2 is 1.85 bits per heavy atom. The molecule has 0 aliphatic heterocycles. The highest BCUT2D eigenvalue weighted by Crippen LogP contribution is 2.06. The Morgan fingerprint density at radius 3 is 2.35 bits per heavy atom. The van der Waals surface area contributed by atoms with E-state index >= 15 is 0 Å². The highest BCUT2D eigenvalue weighted by molar-refractivity contribution is 7.88. The van der Waals surface area contributed by atoms with E-state index in [1.165, 1.54) is 0 Å². The maximum atomic E-state index is 11.8. The molecule has 112 valence electrons. The van der Waals surface area contributed by atoms with Crippen molar-refractivity contribution in [2.24, 2.45) is 5.92 Å². The van der Waals surface area contributed by atoms with Crippen LogP contribution in [0, 0.1) is 5.92 Å². The molecule has 0 radical (unpaired) electrons. The van der Waals surface area contributed by atoms with Crippen LogP contribution in [-0.4, -0.2) is 25.5 Å². The van der Waals surface area contributed by atoms with E-state index in [4.69, 9.17) is 5.11 Å². The van der Waals surface area contributed by atoms with Gasteiger partial charge in [0, 0.05) is 0 Å². The molecule has 0 spiro atoms. The van der Waals surface area contributed by atoms with Gasteiger partial charge in [0.05, 0.1) is 5.75 Å². The monoisotopic (exact) mass is 300 g/mol. The predicted octanol–water partition coefficient (Wildman–Crippen LogP) is 1.11. The number of nitrogens with one attached hydrogen (secondary N) is 2. The fourth-order valence-electron chi connectivity index (χ4n) is 1.68. The fraction of sp³-hybridized carbons (Fsp3) is 0.462. The Labute approximate surface area is 119 Å². The molecule has 0 bridgehead atoms. The number of hydrazine groups is 1. The topological polar surface area (TPSA) is 95.5 Å². The van der Waals surface area contributed by atoms with Crippen molar-refractivity contribution in [1.82, 2.24) is 10.3 Å². The lowest BCUT2D eigenvalue weighted by molar-refractivity contribution is -0.140. The number of benzene rings is 1. The first-order valence-electron chi connectivity index (χ1n) is 6.32. The van der Waals surface area contributed by atoms with Crippen molar-refractivity contribution in [1.29, 1.82) is 0 Å². The Bertz CT molecular complexity index is 529. The third-order valence-electron chi connectivity index (χ3n) is 2.59. The normalized spacial score (nSPS) is 13.3. The van der Waals surface area contributed by atoms with Gasteiger partial charge in [-0.1, -0.05) is 44.2 Å². The van der Waals surface area contributed by atoms with Crippen molar-refractivity contribution in [2.75, 3.05) is 0 Å². The van der Waals surface area contributed by atoms with Crippen molar-refractivity contribution in [2.45, 2.75) is 32.1 Å². The van der Waals surface area contributed by atoms with E-state index in [1.807, 2.05) is 13.8 Å². The second-order valence-corrected chi connectivity index (χ2v) is 6.73. The lowest BCUT2D eigenvalue weighted by Gasteiger charge is -2.17. The lowest BCUT2D eigenvalue weighted by atomic mass is 10.0. The summed E-state index contributed by atoms with van der Waals surface area (Å²) in [5, 5.41) is 9.01. The fourth-order valence-corrected chi connectivity index (χ4v) is 2.71. The van der Waals surface area contributed by atoms with E-state index in [-0.39, 0.29) is 11.7 Å². The molecule has 0 amide bonds. The van der Waals surface area contributed by atoms with Crippen molar-refractivity contribution in [3.63, 3.8) is 0 Å². The third kappa shape index (κ3) is 6.14. The maximum absolute atomic E-state index is 11.8. The summed E-state index contributed by atoms with van der Waals surface area (Å²) >= 11 is 0. The minimum atomic E-state index is -3.62. The summed E-state index contributed by atoms with van der Waals surface area (Å²) in [5.41, 5.74) is 3.01. The molecule has 0 unspecified atom stereocenters. The molecule has 1 rings (SSSR count). The molecule has 0 aliphatic rings. The number of hydrogen-bond acceptors (Lipinski definition) is 4. The number of carboxylic acids is 1. The first-order chi connectivity index (χ1) is 9.30. The second-order valence-electron chi connectivity index (χ2n) is 5.01. The van der Waals surface area contributed by atoms with Gasteiger partial charge in [-0.25, -0.2) is 13.8 Å². The number of sulfonamides is 1. The van der Waals surface area contributed by atoms with Crippen LogP contribution in [0.25, 0.3) is 0 Å². The second kappa shape index (κ2) is 7.37. The highest BCUT2D eigenvalue weighted by Gasteiger charge is 2.21. The summed E-state index contributed by atoms with van der Waals surface area (Å²) in [5.74, 6) is -1.14. The summed E-state index contributed by atoms with van der Waals surface area (Å²) in [6.07, 6.45) is 0.336. The lowest BCUT2D eigenvalue weighted by Crippen LogP contribution is -2.48. The molecular weight excluding hydrogens is 280 g/mol. The minimum Gasteiger partial charge on any atom is -0.480 e. The molecule has 0 saturated heterocycles. The molecule has 0 saturated carbocycles. The van der Waals surface area contributed by atoms with Gasteiger partial charge < -0.3 is 5.11 Å². The molecule has 0 heterocycles. The Kier molecular flexibility index (Phi) is 6.12. The van der Waals surface area contributed by atoms with Crippen LogP contribution >= 0.6 is 0 Å². The molecule has 3 N–H and O–H groups in total. The molecule has 0 fully saturated rings. The van der Waals surface area contributed by atoms with Gasteiger partial charge in [0.2, 0.25) is 10.0 Å². The zero-order valence-electron chi connectivity index (χ0n) is 11.5. The van der Waals surface area contributed by atoms with Crippen molar-refractivity contribution in [3.05, 3.63) is 35.9 Å². The quantitative estimate of drug-likeness (QED) is 0.625. The maximum Gasteiger partial charge on any atom is 0.322 e. The zero-order valence-corrected chi connectivity index (χ0v) is 12.4. The number of hydrogen-bond donors (Lipinski definition) is 3. The molecule has 0 aliphatic carbocycles. The van der Waals surface area contributed by atoms with Crippen LogP contribution in [-0.2, 0) is 20.6 Å². The van der Waals surface area contributed by atoms with Crippen molar-refractivity contribution < 1.29 is 18.3 Å². The Hall–Kier alpha value is -1.44. The number of carbonyl (C=O) groups is 1. The molecule has 6 nitrogen and oxygen atoms in total. The summed E-state index contributed by atoms with van der Waals surface area (Å²) in [6, 6.07) is 7.74. The molecule has 1 aromatic carbocycles. The van der Waals surface area contributed by atoms with Crippen LogP contribution in [0.1, 0.15) is 25.8 Å². The summed E-state index contributed by atoms with van der Waals surface area (Å²) < 4.78 is 23.7. The first-order valence-corrected chi connectivity index (χ1v) is 7.97. The molecule has 1 atom stereocenters. The standard InChI is InChI=1S/C13H20N2O4S/c1-10(2)8-12(13(16)17)14-15-20(18,19)9-11-6-4-3-5-7-11/h3-7,10,12,14-15H,8-9H2,1-2H3,(H,16,17)/t12-/m0/s1. The number of rotatable bonds is 8. The number of carboxylic acid groups (broad SMARTS) is 1. The van der Waals surface area contributed by atoms with Gasteiger partial charge in [0.25, 0.3) is 0 Å². The molecule has 1 aromatic rings. The third-order valence-corrected chi connectivity index (χ3v) is 3.74. The van der Waals surface area contributed by atoms with Crippen LogP contribution in [0.2, 0.25) is 0 Å².